The van der Waals surface area contributed by atoms with Gasteiger partial charge in [-0.1, -0.05) is 21.1 Å². The number of alkyl halides is 1. The third kappa shape index (κ3) is 2.44. The van der Waals surface area contributed by atoms with E-state index in [1.54, 1.807) is 4.68 Å². The van der Waals surface area contributed by atoms with E-state index in [0.29, 0.717) is 5.88 Å². The summed E-state index contributed by atoms with van der Waals surface area (Å²) >= 11 is 9.10. The number of hydrogen-bond donors (Lipinski definition) is 0. The summed E-state index contributed by atoms with van der Waals surface area (Å²) in [6.07, 6.45) is 2.66. The van der Waals surface area contributed by atoms with Gasteiger partial charge in [-0.3, -0.25) is 0 Å². The standard InChI is InChI=1S/C11H11BrClN3/c1-8-6-9(12)2-3-11(8)16-7-10(4-5-13)14-15-16/h2-3,6-7H,4-5H2,1H3. The fourth-order valence-corrected chi connectivity index (χ4v) is 2.17. The van der Waals surface area contributed by atoms with Crippen molar-refractivity contribution in [3.05, 3.63) is 40.1 Å². The summed E-state index contributed by atoms with van der Waals surface area (Å²) in [6, 6.07) is 6.06. The molecule has 0 bridgehead atoms. The monoisotopic (exact) mass is 299 g/mol. The molecular weight excluding hydrogens is 289 g/mol. The molecule has 0 spiro atoms. The summed E-state index contributed by atoms with van der Waals surface area (Å²) in [6.45, 7) is 2.04. The van der Waals surface area contributed by atoms with Gasteiger partial charge in [0.1, 0.15) is 0 Å². The molecule has 1 heterocycles. The smallest absolute Gasteiger partial charge is 0.0843 e. The molecule has 16 heavy (non-hydrogen) atoms. The highest BCUT2D eigenvalue weighted by molar-refractivity contribution is 9.10. The lowest BCUT2D eigenvalue weighted by Gasteiger charge is -2.04. The van der Waals surface area contributed by atoms with Gasteiger partial charge in [0.25, 0.3) is 0 Å². The number of aromatic nitrogens is 3. The van der Waals surface area contributed by atoms with Gasteiger partial charge in [-0.2, -0.15) is 0 Å². The molecule has 0 aliphatic rings. The fourth-order valence-electron chi connectivity index (χ4n) is 1.50. The van der Waals surface area contributed by atoms with Crippen LogP contribution >= 0.6 is 27.5 Å². The van der Waals surface area contributed by atoms with Crippen molar-refractivity contribution in [1.82, 2.24) is 15.0 Å². The molecular formula is C11H11BrClN3. The predicted octanol–water partition coefficient (Wildman–Crippen LogP) is 3.12. The van der Waals surface area contributed by atoms with E-state index in [-0.39, 0.29) is 0 Å². The SMILES string of the molecule is Cc1cc(Br)ccc1-n1cc(CCCl)nn1. The predicted molar refractivity (Wildman–Crippen MR) is 68.2 cm³/mol. The lowest BCUT2D eigenvalue weighted by Crippen LogP contribution is -1.97. The summed E-state index contributed by atoms with van der Waals surface area (Å²) in [5, 5.41) is 8.15. The van der Waals surface area contributed by atoms with E-state index < -0.39 is 0 Å². The number of nitrogens with zero attached hydrogens (tertiary/aromatic N) is 3. The van der Waals surface area contributed by atoms with Gasteiger partial charge >= 0.3 is 0 Å². The van der Waals surface area contributed by atoms with Crippen molar-refractivity contribution in [2.45, 2.75) is 13.3 Å². The van der Waals surface area contributed by atoms with Crippen LogP contribution in [0.4, 0.5) is 0 Å². The maximum atomic E-state index is 5.66. The first-order valence-electron chi connectivity index (χ1n) is 4.94. The minimum atomic E-state index is 0.567. The Morgan fingerprint density at radius 2 is 2.25 bits per heavy atom. The summed E-state index contributed by atoms with van der Waals surface area (Å²) in [7, 11) is 0. The van der Waals surface area contributed by atoms with E-state index in [4.69, 9.17) is 11.6 Å². The molecule has 0 aliphatic carbocycles. The Bertz CT molecular complexity index is 496. The Kier molecular flexibility index (Phi) is 3.61. The zero-order chi connectivity index (χ0) is 11.5. The molecule has 84 valence electrons. The van der Waals surface area contributed by atoms with Crippen molar-refractivity contribution in [3.8, 4) is 5.69 Å². The highest BCUT2D eigenvalue weighted by atomic mass is 79.9. The molecule has 0 N–H and O–H groups in total. The summed E-state index contributed by atoms with van der Waals surface area (Å²) in [5.41, 5.74) is 3.10. The van der Waals surface area contributed by atoms with Gasteiger partial charge in [0.15, 0.2) is 0 Å². The highest BCUT2D eigenvalue weighted by Crippen LogP contribution is 2.18. The van der Waals surface area contributed by atoms with Crippen LogP contribution in [-0.2, 0) is 6.42 Å². The third-order valence-electron chi connectivity index (χ3n) is 2.30. The first-order chi connectivity index (χ1) is 7.70. The maximum Gasteiger partial charge on any atom is 0.0843 e. The van der Waals surface area contributed by atoms with E-state index in [1.807, 2.05) is 25.3 Å². The van der Waals surface area contributed by atoms with E-state index in [0.717, 1.165) is 27.8 Å². The van der Waals surface area contributed by atoms with Gasteiger partial charge in [-0.15, -0.1) is 16.7 Å². The van der Waals surface area contributed by atoms with E-state index in [1.165, 1.54) is 0 Å². The van der Waals surface area contributed by atoms with E-state index in [2.05, 4.69) is 32.3 Å². The van der Waals surface area contributed by atoms with Crippen molar-refractivity contribution < 1.29 is 0 Å². The summed E-state index contributed by atoms with van der Waals surface area (Å²) in [5.74, 6) is 0.567. The van der Waals surface area contributed by atoms with Crippen LogP contribution in [0.5, 0.6) is 0 Å². The first kappa shape index (κ1) is 11.6. The van der Waals surface area contributed by atoms with Gasteiger partial charge in [0.2, 0.25) is 0 Å². The molecule has 0 saturated carbocycles. The van der Waals surface area contributed by atoms with Crippen molar-refractivity contribution in [3.63, 3.8) is 0 Å². The Hall–Kier alpha value is -0.870. The average Bonchev–Trinajstić information content (AvgIpc) is 2.67. The largest absolute Gasteiger partial charge is 0.220 e. The van der Waals surface area contributed by atoms with Crippen LogP contribution in [0.2, 0.25) is 0 Å². The number of rotatable bonds is 3. The minimum absolute atomic E-state index is 0.567. The van der Waals surface area contributed by atoms with E-state index >= 15 is 0 Å². The Morgan fingerprint density at radius 1 is 1.44 bits per heavy atom. The fraction of sp³-hybridized carbons (Fsp3) is 0.273. The van der Waals surface area contributed by atoms with Crippen molar-refractivity contribution >= 4 is 27.5 Å². The third-order valence-corrected chi connectivity index (χ3v) is 2.98. The highest BCUT2D eigenvalue weighted by Gasteiger charge is 2.05. The van der Waals surface area contributed by atoms with Crippen LogP contribution in [0.3, 0.4) is 0 Å². The van der Waals surface area contributed by atoms with Crippen molar-refractivity contribution in [1.29, 1.82) is 0 Å². The number of hydrogen-bond acceptors (Lipinski definition) is 2. The molecule has 2 rings (SSSR count). The van der Waals surface area contributed by atoms with Crippen LogP contribution in [0.1, 0.15) is 11.3 Å². The van der Waals surface area contributed by atoms with Crippen molar-refractivity contribution in [2.75, 3.05) is 5.88 Å². The maximum absolute atomic E-state index is 5.66. The van der Waals surface area contributed by atoms with Crippen LogP contribution in [-0.4, -0.2) is 20.9 Å². The molecule has 0 atom stereocenters. The molecule has 5 heteroatoms. The number of benzene rings is 1. The Balaban J connectivity index is 2.35. The summed E-state index contributed by atoms with van der Waals surface area (Å²) in [4.78, 5) is 0. The normalized spacial score (nSPS) is 10.7. The zero-order valence-corrected chi connectivity index (χ0v) is 11.2. The van der Waals surface area contributed by atoms with Crippen molar-refractivity contribution in [2.24, 2.45) is 0 Å². The molecule has 1 aromatic heterocycles. The molecule has 0 radical (unpaired) electrons. The Labute approximate surface area is 108 Å². The molecule has 0 aliphatic heterocycles. The zero-order valence-electron chi connectivity index (χ0n) is 8.82. The van der Waals surface area contributed by atoms with Crippen LogP contribution in [0, 0.1) is 6.92 Å². The lowest BCUT2D eigenvalue weighted by molar-refractivity contribution is 0.793. The molecule has 1 aromatic carbocycles. The Morgan fingerprint density at radius 3 is 2.94 bits per heavy atom. The van der Waals surface area contributed by atoms with Gasteiger partial charge in [-0.25, -0.2) is 4.68 Å². The number of aryl methyl sites for hydroxylation is 2. The average molecular weight is 301 g/mol. The van der Waals surface area contributed by atoms with Crippen LogP contribution in [0.15, 0.2) is 28.9 Å². The van der Waals surface area contributed by atoms with Gasteiger partial charge < -0.3 is 0 Å². The second-order valence-electron chi connectivity index (χ2n) is 3.52. The van der Waals surface area contributed by atoms with Gasteiger partial charge in [-0.05, 0) is 30.7 Å². The molecule has 3 nitrogen and oxygen atoms in total. The second-order valence-corrected chi connectivity index (χ2v) is 4.82. The van der Waals surface area contributed by atoms with Gasteiger partial charge in [0, 0.05) is 16.8 Å². The minimum Gasteiger partial charge on any atom is -0.220 e. The molecule has 2 aromatic rings. The summed E-state index contributed by atoms with van der Waals surface area (Å²) < 4.78 is 2.85. The second kappa shape index (κ2) is 4.97. The molecule has 0 saturated heterocycles. The molecule has 0 fully saturated rings. The number of halogens is 2. The van der Waals surface area contributed by atoms with Crippen LogP contribution in [0.25, 0.3) is 5.69 Å². The van der Waals surface area contributed by atoms with Gasteiger partial charge in [0.05, 0.1) is 17.6 Å². The topological polar surface area (TPSA) is 30.7 Å². The van der Waals surface area contributed by atoms with E-state index in [9.17, 15) is 0 Å². The molecule has 0 unspecified atom stereocenters. The quantitative estimate of drug-likeness (QED) is 0.815. The van der Waals surface area contributed by atoms with Crippen LogP contribution < -0.4 is 0 Å². The lowest BCUT2D eigenvalue weighted by atomic mass is 10.2. The first-order valence-corrected chi connectivity index (χ1v) is 6.27. The molecule has 0 amide bonds.